The first kappa shape index (κ1) is 19.6. The summed E-state index contributed by atoms with van der Waals surface area (Å²) in [5.41, 5.74) is 1.63. The average molecular weight is 413 g/mol. The zero-order valence-electron chi connectivity index (χ0n) is 15.7. The van der Waals surface area contributed by atoms with Gasteiger partial charge in [0.05, 0.1) is 12.6 Å². The number of pyridine rings is 3. The highest BCUT2D eigenvalue weighted by molar-refractivity contribution is 5.97. The molecule has 4 aromatic heterocycles. The zero-order valence-corrected chi connectivity index (χ0v) is 15.7. The standard InChI is InChI=1S/C21H16F3N5O/c22-21(23,24)17-7-6-15(12-26-17)13-27-20(30)19-16-5-1-2-9-29(16)18(28-19)10-14-4-3-8-25-11-14/h1-9,11-12H,10,13H2,(H,27,30)/p+2. The van der Waals surface area contributed by atoms with Gasteiger partial charge in [-0.25, -0.2) is 9.97 Å². The molecular formula is C21H18F3N5O+2. The number of imidazole rings is 1. The molecule has 0 spiro atoms. The highest BCUT2D eigenvalue weighted by Gasteiger charge is 2.32. The second-order valence-electron chi connectivity index (χ2n) is 6.72. The third-order valence-electron chi connectivity index (χ3n) is 4.61. The molecule has 30 heavy (non-hydrogen) atoms. The Morgan fingerprint density at radius 2 is 2.00 bits per heavy atom. The van der Waals surface area contributed by atoms with Crippen molar-refractivity contribution in [3.8, 4) is 0 Å². The molecule has 0 aliphatic heterocycles. The fourth-order valence-electron chi connectivity index (χ4n) is 3.15. The van der Waals surface area contributed by atoms with Crippen LogP contribution in [0.3, 0.4) is 0 Å². The van der Waals surface area contributed by atoms with Gasteiger partial charge in [0.1, 0.15) is 5.69 Å². The molecule has 9 heteroatoms. The Bertz CT molecular complexity index is 1170. The molecule has 1 amide bonds. The maximum Gasteiger partial charge on any atom is 0.433 e. The summed E-state index contributed by atoms with van der Waals surface area (Å²) in [5.74, 6) is 0.469. The molecule has 0 unspecified atom stereocenters. The first-order valence-electron chi connectivity index (χ1n) is 9.18. The number of halogens is 3. The largest absolute Gasteiger partial charge is 0.433 e. The van der Waals surface area contributed by atoms with E-state index in [-0.39, 0.29) is 12.5 Å². The molecule has 0 atom stereocenters. The van der Waals surface area contributed by atoms with Gasteiger partial charge in [-0.3, -0.25) is 9.78 Å². The van der Waals surface area contributed by atoms with E-state index >= 15 is 0 Å². The lowest BCUT2D eigenvalue weighted by Gasteiger charge is -2.07. The molecule has 0 radical (unpaired) electrons. The van der Waals surface area contributed by atoms with Crippen LogP contribution in [0.25, 0.3) is 5.52 Å². The van der Waals surface area contributed by atoms with Crippen molar-refractivity contribution in [2.45, 2.75) is 19.1 Å². The summed E-state index contributed by atoms with van der Waals surface area (Å²) < 4.78 is 39.8. The summed E-state index contributed by atoms with van der Waals surface area (Å²) in [7, 11) is 0. The fourth-order valence-corrected chi connectivity index (χ4v) is 3.15. The van der Waals surface area contributed by atoms with Crippen LogP contribution in [-0.2, 0) is 19.1 Å². The molecule has 3 N–H and O–H groups in total. The maximum atomic E-state index is 12.8. The van der Waals surface area contributed by atoms with Gasteiger partial charge in [0.2, 0.25) is 5.69 Å². The van der Waals surface area contributed by atoms with Crippen LogP contribution in [0.2, 0.25) is 0 Å². The minimum atomic E-state index is -4.49. The normalized spacial score (nSPS) is 11.6. The first-order valence-corrected chi connectivity index (χ1v) is 9.18. The summed E-state index contributed by atoms with van der Waals surface area (Å²) in [4.78, 5) is 22.4. The monoisotopic (exact) mass is 413 g/mol. The van der Waals surface area contributed by atoms with Crippen molar-refractivity contribution in [2.24, 2.45) is 0 Å². The number of nitrogens with one attached hydrogen (secondary N) is 3. The maximum absolute atomic E-state index is 12.8. The van der Waals surface area contributed by atoms with Crippen molar-refractivity contribution in [2.75, 3.05) is 0 Å². The average Bonchev–Trinajstić information content (AvgIpc) is 3.11. The number of aromatic amines is 2. The summed E-state index contributed by atoms with van der Waals surface area (Å²) >= 11 is 0. The van der Waals surface area contributed by atoms with Crippen LogP contribution in [0, 0.1) is 0 Å². The number of rotatable bonds is 5. The number of H-pyrrole nitrogens is 2. The second-order valence-corrected chi connectivity index (χ2v) is 6.72. The third-order valence-corrected chi connectivity index (χ3v) is 4.61. The molecule has 0 aliphatic rings. The smallest absolute Gasteiger partial charge is 0.345 e. The summed E-state index contributed by atoms with van der Waals surface area (Å²) in [5, 5.41) is 2.73. The Morgan fingerprint density at radius 1 is 1.13 bits per heavy atom. The molecule has 0 fully saturated rings. The van der Waals surface area contributed by atoms with E-state index in [1.165, 1.54) is 6.07 Å². The molecular weight excluding hydrogens is 395 g/mol. The SMILES string of the molecule is O=C(NCc1ccc(C(F)(F)F)nc1)c1[nH]c(Cc2ccc[nH+]c2)[n+]2ccccc12. The van der Waals surface area contributed by atoms with Crippen molar-refractivity contribution in [1.29, 1.82) is 0 Å². The highest BCUT2D eigenvalue weighted by atomic mass is 19.4. The van der Waals surface area contributed by atoms with Crippen molar-refractivity contribution in [3.05, 3.63) is 95.6 Å². The Balaban J connectivity index is 1.53. The highest BCUT2D eigenvalue weighted by Crippen LogP contribution is 2.27. The summed E-state index contributed by atoms with van der Waals surface area (Å²) in [6.07, 6.45) is 2.77. The predicted octanol–water partition coefficient (Wildman–Crippen LogP) is 2.50. The number of carbonyl (C=O) groups is 1. The lowest BCUT2D eigenvalue weighted by Crippen LogP contribution is -2.26. The van der Waals surface area contributed by atoms with E-state index in [0.29, 0.717) is 23.2 Å². The minimum Gasteiger partial charge on any atom is -0.345 e. The van der Waals surface area contributed by atoms with Crippen molar-refractivity contribution >= 4 is 11.4 Å². The predicted molar refractivity (Wildman–Crippen MR) is 100 cm³/mol. The van der Waals surface area contributed by atoms with Gasteiger partial charge in [0, 0.05) is 24.4 Å². The Hall–Kier alpha value is -3.75. The number of carbonyl (C=O) groups excluding carboxylic acids is 1. The van der Waals surface area contributed by atoms with Gasteiger partial charge in [0.15, 0.2) is 17.9 Å². The third kappa shape index (κ3) is 4.14. The molecule has 4 aromatic rings. The van der Waals surface area contributed by atoms with Crippen molar-refractivity contribution < 1.29 is 27.4 Å². The van der Waals surface area contributed by atoms with Gasteiger partial charge < -0.3 is 5.32 Å². The van der Waals surface area contributed by atoms with Gasteiger partial charge in [-0.2, -0.15) is 17.6 Å². The molecule has 0 aliphatic carbocycles. The zero-order chi connectivity index (χ0) is 21.1. The van der Waals surface area contributed by atoms with E-state index in [1.807, 2.05) is 53.3 Å². The van der Waals surface area contributed by atoms with Crippen LogP contribution in [0.15, 0.2) is 67.3 Å². The summed E-state index contributed by atoms with van der Waals surface area (Å²) in [6.45, 7) is 0.0605. The van der Waals surface area contributed by atoms with E-state index in [1.54, 1.807) is 0 Å². The van der Waals surface area contributed by atoms with Gasteiger partial charge >= 0.3 is 6.18 Å². The Kier molecular flexibility index (Phi) is 5.18. The number of alkyl halides is 3. The second kappa shape index (κ2) is 7.94. The fraction of sp³-hybridized carbons (Fsp3) is 0.143. The van der Waals surface area contributed by atoms with E-state index in [9.17, 15) is 18.0 Å². The van der Waals surface area contributed by atoms with Gasteiger partial charge in [-0.05, 0) is 29.8 Å². The molecule has 4 heterocycles. The van der Waals surface area contributed by atoms with Gasteiger partial charge in [-0.15, -0.1) is 0 Å². The van der Waals surface area contributed by atoms with Crippen molar-refractivity contribution in [1.82, 2.24) is 15.3 Å². The lowest BCUT2D eigenvalue weighted by molar-refractivity contribution is -0.520. The number of aromatic nitrogens is 4. The van der Waals surface area contributed by atoms with E-state index in [4.69, 9.17) is 0 Å². The molecule has 6 nitrogen and oxygen atoms in total. The quantitative estimate of drug-likeness (QED) is 0.494. The molecule has 0 bridgehead atoms. The van der Waals surface area contributed by atoms with Gasteiger partial charge in [0.25, 0.3) is 11.7 Å². The van der Waals surface area contributed by atoms with Gasteiger partial charge in [-0.1, -0.05) is 12.1 Å². The van der Waals surface area contributed by atoms with E-state index in [2.05, 4.69) is 20.3 Å². The molecule has 4 rings (SSSR count). The number of hydrogen-bond acceptors (Lipinski definition) is 2. The van der Waals surface area contributed by atoms with Crippen molar-refractivity contribution in [3.63, 3.8) is 0 Å². The van der Waals surface area contributed by atoms with Crippen LogP contribution in [0.1, 0.15) is 33.1 Å². The molecule has 0 aromatic carbocycles. The topological polar surface area (TPSA) is 76.0 Å². The van der Waals surface area contributed by atoms with E-state index < -0.39 is 11.9 Å². The van der Waals surface area contributed by atoms with Crippen LogP contribution < -0.4 is 14.7 Å². The Labute approximate surface area is 169 Å². The molecule has 0 saturated heterocycles. The first-order chi connectivity index (χ1) is 14.4. The number of hydrogen-bond donors (Lipinski definition) is 2. The minimum absolute atomic E-state index is 0.0605. The van der Waals surface area contributed by atoms with Crippen LogP contribution in [0.5, 0.6) is 0 Å². The van der Waals surface area contributed by atoms with E-state index in [0.717, 1.165) is 23.7 Å². The Morgan fingerprint density at radius 3 is 2.70 bits per heavy atom. The molecule has 152 valence electrons. The molecule has 0 saturated carbocycles. The number of fused-ring (bicyclic) bond motifs is 1. The number of amides is 1. The van der Waals surface area contributed by atoms with Crippen LogP contribution in [0.4, 0.5) is 13.2 Å². The number of nitrogens with zero attached hydrogens (tertiary/aromatic N) is 2. The van der Waals surface area contributed by atoms with Crippen LogP contribution >= 0.6 is 0 Å². The summed E-state index contributed by atoms with van der Waals surface area (Å²) in [6, 6.07) is 11.6. The van der Waals surface area contributed by atoms with Crippen LogP contribution in [-0.4, -0.2) is 15.9 Å². The lowest BCUT2D eigenvalue weighted by atomic mass is 10.2.